The predicted molar refractivity (Wildman–Crippen MR) is 103 cm³/mol. The molecule has 0 radical (unpaired) electrons. The van der Waals surface area contributed by atoms with Crippen molar-refractivity contribution in [2.75, 3.05) is 18.5 Å². The van der Waals surface area contributed by atoms with E-state index in [4.69, 9.17) is 15.2 Å². The molecule has 0 aliphatic heterocycles. The number of nitrogens with one attached hydrogen (secondary N) is 1. The summed E-state index contributed by atoms with van der Waals surface area (Å²) in [5, 5.41) is 2.64. The topological polar surface area (TPSA) is 99.9 Å². The van der Waals surface area contributed by atoms with Crippen molar-refractivity contribution >= 4 is 23.6 Å². The fourth-order valence-electron chi connectivity index (χ4n) is 2.26. The lowest BCUT2D eigenvalue weighted by Crippen LogP contribution is -2.20. The van der Waals surface area contributed by atoms with Gasteiger partial charge in [-0.2, -0.15) is 8.78 Å². The Balaban J connectivity index is 2.04. The van der Waals surface area contributed by atoms with Crippen LogP contribution in [0.5, 0.6) is 17.2 Å². The van der Waals surface area contributed by atoms with Gasteiger partial charge in [-0.25, -0.2) is 0 Å². The average Bonchev–Trinajstić information content (AvgIpc) is 2.66. The summed E-state index contributed by atoms with van der Waals surface area (Å²) >= 11 is 0. The van der Waals surface area contributed by atoms with Gasteiger partial charge in [-0.3, -0.25) is 9.59 Å². The van der Waals surface area contributed by atoms with E-state index in [1.807, 2.05) is 0 Å². The van der Waals surface area contributed by atoms with E-state index < -0.39 is 18.4 Å². The van der Waals surface area contributed by atoms with Gasteiger partial charge >= 0.3 is 6.61 Å². The molecule has 0 aliphatic rings. The molecule has 29 heavy (non-hydrogen) atoms. The maximum atomic E-state index is 12.4. The Kier molecular flexibility index (Phi) is 7.96. The van der Waals surface area contributed by atoms with Crippen molar-refractivity contribution in [3.63, 3.8) is 0 Å². The molecule has 2 amide bonds. The number of primary amides is 1. The van der Waals surface area contributed by atoms with Gasteiger partial charge in [0.25, 0.3) is 5.91 Å². The van der Waals surface area contributed by atoms with Crippen molar-refractivity contribution < 1.29 is 32.6 Å². The summed E-state index contributed by atoms with van der Waals surface area (Å²) in [7, 11) is 0. The number of ether oxygens (including phenoxy) is 3. The highest BCUT2D eigenvalue weighted by Crippen LogP contribution is 2.30. The molecule has 0 spiro atoms. The van der Waals surface area contributed by atoms with Crippen molar-refractivity contribution in [2.24, 2.45) is 5.73 Å². The van der Waals surface area contributed by atoms with Gasteiger partial charge in [0.2, 0.25) is 5.91 Å². The Hall–Kier alpha value is -3.62. The quantitative estimate of drug-likeness (QED) is 0.590. The monoisotopic (exact) mass is 406 g/mol. The highest BCUT2D eigenvalue weighted by Gasteiger charge is 2.11. The number of rotatable bonds is 10. The number of nitrogens with two attached hydrogens (primary N) is 1. The normalized spacial score (nSPS) is 10.8. The van der Waals surface area contributed by atoms with Crippen molar-refractivity contribution in [1.82, 2.24) is 0 Å². The van der Waals surface area contributed by atoms with Crippen molar-refractivity contribution in [3.05, 3.63) is 54.1 Å². The molecule has 7 nitrogen and oxygen atoms in total. The summed E-state index contributed by atoms with van der Waals surface area (Å²) in [6.07, 6.45) is 2.77. The van der Waals surface area contributed by atoms with Gasteiger partial charge in [-0.05, 0) is 42.8 Å². The van der Waals surface area contributed by atoms with E-state index in [1.54, 1.807) is 31.2 Å². The summed E-state index contributed by atoms with van der Waals surface area (Å²) < 4.78 is 39.7. The minimum Gasteiger partial charge on any atom is -0.490 e. The summed E-state index contributed by atoms with van der Waals surface area (Å²) in [6, 6.07) is 10.8. The van der Waals surface area contributed by atoms with Crippen LogP contribution in [0.2, 0.25) is 0 Å². The minimum absolute atomic E-state index is 0.0868. The summed E-state index contributed by atoms with van der Waals surface area (Å²) in [5.74, 6) is -0.603. The Morgan fingerprint density at radius 1 is 1.14 bits per heavy atom. The van der Waals surface area contributed by atoms with Crippen LogP contribution in [0.25, 0.3) is 6.08 Å². The molecular weight excluding hydrogens is 386 g/mol. The third kappa shape index (κ3) is 7.49. The predicted octanol–water partition coefficient (Wildman–Crippen LogP) is 3.20. The van der Waals surface area contributed by atoms with Crippen molar-refractivity contribution in [3.8, 4) is 17.2 Å². The minimum atomic E-state index is -2.97. The Morgan fingerprint density at radius 2 is 1.93 bits per heavy atom. The number of hydrogen-bond donors (Lipinski definition) is 2. The number of hydrogen-bond acceptors (Lipinski definition) is 5. The standard InChI is InChI=1S/C20H20F2N2O5/c1-2-27-17-10-13(6-8-16(17)29-20(21)22)7-9-19(26)24-14-4-3-5-15(11-14)28-12-18(23)25/h3-11,20H,2,12H2,1H3,(H2,23,25)(H,24,26)/b9-7+. The van der Waals surface area contributed by atoms with E-state index in [1.165, 1.54) is 30.4 Å². The lowest BCUT2D eigenvalue weighted by atomic mass is 10.2. The first-order valence-corrected chi connectivity index (χ1v) is 8.59. The molecule has 0 aliphatic carbocycles. The van der Waals surface area contributed by atoms with Gasteiger partial charge in [-0.15, -0.1) is 0 Å². The zero-order valence-electron chi connectivity index (χ0n) is 15.6. The van der Waals surface area contributed by atoms with E-state index in [9.17, 15) is 18.4 Å². The SMILES string of the molecule is CCOc1cc(/C=C/C(=O)Nc2cccc(OCC(N)=O)c2)ccc1OC(F)F. The number of halogens is 2. The second-order valence-corrected chi connectivity index (χ2v) is 5.62. The van der Waals surface area contributed by atoms with E-state index >= 15 is 0 Å². The first kappa shape index (κ1) is 21.7. The highest BCUT2D eigenvalue weighted by molar-refractivity contribution is 6.02. The highest BCUT2D eigenvalue weighted by atomic mass is 19.3. The number of anilines is 1. The third-order valence-corrected chi connectivity index (χ3v) is 3.39. The summed E-state index contributed by atoms with van der Waals surface area (Å²) in [6.45, 7) is -1.26. The Labute approximate surface area is 166 Å². The van der Waals surface area contributed by atoms with Crippen LogP contribution in [0.15, 0.2) is 48.5 Å². The van der Waals surface area contributed by atoms with Crippen LogP contribution >= 0.6 is 0 Å². The molecule has 0 saturated carbocycles. The van der Waals surface area contributed by atoms with Gasteiger partial charge in [0.15, 0.2) is 18.1 Å². The van der Waals surface area contributed by atoms with Gasteiger partial charge in [0, 0.05) is 17.8 Å². The van der Waals surface area contributed by atoms with Gasteiger partial charge in [0.1, 0.15) is 5.75 Å². The molecule has 2 aromatic carbocycles. The molecule has 3 N–H and O–H groups in total. The van der Waals surface area contributed by atoms with Gasteiger partial charge in [-0.1, -0.05) is 12.1 Å². The molecule has 154 valence electrons. The molecule has 0 bridgehead atoms. The average molecular weight is 406 g/mol. The molecule has 0 heterocycles. The van der Waals surface area contributed by atoms with Crippen molar-refractivity contribution in [1.29, 1.82) is 0 Å². The van der Waals surface area contributed by atoms with Crippen LogP contribution < -0.4 is 25.3 Å². The van der Waals surface area contributed by atoms with Crippen molar-refractivity contribution in [2.45, 2.75) is 13.5 Å². The first-order valence-electron chi connectivity index (χ1n) is 8.59. The molecule has 0 fully saturated rings. The zero-order chi connectivity index (χ0) is 21.2. The second-order valence-electron chi connectivity index (χ2n) is 5.62. The van der Waals surface area contributed by atoms with E-state index in [0.717, 1.165) is 0 Å². The van der Waals surface area contributed by atoms with E-state index in [2.05, 4.69) is 10.1 Å². The van der Waals surface area contributed by atoms with E-state index in [-0.39, 0.29) is 24.7 Å². The van der Waals surface area contributed by atoms with Crippen LogP contribution in [0.3, 0.4) is 0 Å². The van der Waals surface area contributed by atoms with Crippen LogP contribution in [-0.2, 0) is 9.59 Å². The zero-order valence-corrected chi connectivity index (χ0v) is 15.6. The molecule has 2 aromatic rings. The molecule has 9 heteroatoms. The lowest BCUT2D eigenvalue weighted by molar-refractivity contribution is -0.120. The number of carbonyl (C=O) groups is 2. The summed E-state index contributed by atoms with van der Waals surface area (Å²) in [5.41, 5.74) is 6.03. The molecule has 0 saturated heterocycles. The summed E-state index contributed by atoms with van der Waals surface area (Å²) in [4.78, 5) is 22.9. The largest absolute Gasteiger partial charge is 0.490 e. The van der Waals surface area contributed by atoms with Crippen LogP contribution in [-0.4, -0.2) is 31.6 Å². The van der Waals surface area contributed by atoms with Gasteiger partial charge < -0.3 is 25.3 Å². The van der Waals surface area contributed by atoms with Crippen LogP contribution in [0, 0.1) is 0 Å². The Morgan fingerprint density at radius 3 is 2.62 bits per heavy atom. The van der Waals surface area contributed by atoms with Crippen LogP contribution in [0.4, 0.5) is 14.5 Å². The number of carbonyl (C=O) groups excluding carboxylic acids is 2. The van der Waals surface area contributed by atoms with Crippen LogP contribution in [0.1, 0.15) is 12.5 Å². The molecule has 0 atom stereocenters. The molecule has 0 unspecified atom stereocenters. The van der Waals surface area contributed by atoms with Gasteiger partial charge in [0.05, 0.1) is 6.61 Å². The lowest BCUT2D eigenvalue weighted by Gasteiger charge is -2.11. The maximum Gasteiger partial charge on any atom is 0.387 e. The number of benzene rings is 2. The fourth-order valence-corrected chi connectivity index (χ4v) is 2.26. The molecule has 2 rings (SSSR count). The molecule has 0 aromatic heterocycles. The number of alkyl halides is 2. The third-order valence-electron chi connectivity index (χ3n) is 3.39. The fraction of sp³-hybridized carbons (Fsp3) is 0.200. The Bertz CT molecular complexity index is 887. The van der Waals surface area contributed by atoms with E-state index in [0.29, 0.717) is 17.0 Å². The maximum absolute atomic E-state index is 12.4. The number of amides is 2. The molecular formula is C20H20F2N2O5. The first-order chi connectivity index (χ1) is 13.9. The smallest absolute Gasteiger partial charge is 0.387 e. The second kappa shape index (κ2) is 10.6.